The summed E-state index contributed by atoms with van der Waals surface area (Å²) in [6.07, 6.45) is 1.40. The van der Waals surface area contributed by atoms with E-state index in [1.165, 1.54) is 4.90 Å². The Kier molecular flexibility index (Phi) is 11.8. The second kappa shape index (κ2) is 16.6. The first kappa shape index (κ1) is 40.6. The summed E-state index contributed by atoms with van der Waals surface area (Å²) < 4.78 is 11.6. The van der Waals surface area contributed by atoms with Crippen LogP contribution in [0.25, 0.3) is 0 Å². The van der Waals surface area contributed by atoms with Crippen molar-refractivity contribution in [1.82, 2.24) is 26.2 Å². The molecule has 3 aromatic carbocycles. The van der Waals surface area contributed by atoms with Crippen LogP contribution in [0.3, 0.4) is 0 Å². The minimum atomic E-state index is -1.37. The Morgan fingerprint density at radius 1 is 0.947 bits per heavy atom. The highest BCUT2D eigenvalue weighted by molar-refractivity contribution is 6.38. The number of carbonyl (C=O) groups excluding carboxylic acids is 7. The third-order valence-corrected chi connectivity index (χ3v) is 10.4. The number of hydrogen-bond acceptors (Lipinski definition) is 9. The summed E-state index contributed by atoms with van der Waals surface area (Å²) in [6, 6.07) is 18.1. The lowest BCUT2D eigenvalue weighted by molar-refractivity contribution is -0.158. The molecule has 0 saturated heterocycles. The van der Waals surface area contributed by atoms with Gasteiger partial charge < -0.3 is 35.6 Å². The van der Waals surface area contributed by atoms with Gasteiger partial charge in [-0.05, 0) is 93.5 Å². The van der Waals surface area contributed by atoms with Gasteiger partial charge in [-0.2, -0.15) is 0 Å². The van der Waals surface area contributed by atoms with E-state index in [2.05, 4.69) is 21.3 Å². The Morgan fingerprint density at radius 3 is 2.33 bits per heavy atom. The molecule has 3 unspecified atom stereocenters. The average Bonchev–Trinajstić information content (AvgIpc) is 3.94. The van der Waals surface area contributed by atoms with Crippen molar-refractivity contribution in [1.29, 1.82) is 0 Å². The van der Waals surface area contributed by atoms with Gasteiger partial charge in [0.15, 0.2) is 6.04 Å². The molecule has 7 rings (SSSR count). The minimum Gasteiger partial charge on any atom is -0.458 e. The van der Waals surface area contributed by atoms with Crippen molar-refractivity contribution in [3.63, 3.8) is 0 Å². The van der Waals surface area contributed by atoms with Gasteiger partial charge >= 0.3 is 5.97 Å². The molecule has 5 amide bonds. The van der Waals surface area contributed by atoms with Crippen molar-refractivity contribution >= 4 is 41.3 Å². The first-order chi connectivity index (χ1) is 27.1. The molecular formula is C43H49N5O9. The quantitative estimate of drug-likeness (QED) is 0.166. The molecule has 3 heterocycles. The maximum absolute atomic E-state index is 14.4. The van der Waals surface area contributed by atoms with E-state index in [9.17, 15) is 33.6 Å². The zero-order valence-electron chi connectivity index (χ0n) is 32.8. The second-order valence-corrected chi connectivity index (χ2v) is 15.8. The number of ether oxygens (including phenoxy) is 2. The molecule has 4 aliphatic rings. The lowest BCUT2D eigenvalue weighted by Crippen LogP contribution is -2.60. The molecule has 1 aliphatic carbocycles. The summed E-state index contributed by atoms with van der Waals surface area (Å²) in [5.41, 5.74) is 0.843. The lowest BCUT2D eigenvalue weighted by atomic mass is 9.92. The Morgan fingerprint density at radius 2 is 1.65 bits per heavy atom. The number of nitrogens with zero attached hydrogens (tertiary/aromatic N) is 1. The number of fused-ring (bicyclic) bond motifs is 9. The first-order valence-corrected chi connectivity index (χ1v) is 19.3. The molecule has 1 fully saturated rings. The molecule has 3 aliphatic heterocycles. The zero-order chi connectivity index (χ0) is 41.1. The number of esters is 1. The van der Waals surface area contributed by atoms with Crippen molar-refractivity contribution in [2.45, 2.75) is 108 Å². The predicted octanol–water partition coefficient (Wildman–Crippen LogP) is 3.67. The Hall–Kier alpha value is -6.05. The van der Waals surface area contributed by atoms with Crippen LogP contribution in [0.2, 0.25) is 0 Å². The molecule has 300 valence electrons. The van der Waals surface area contributed by atoms with Crippen LogP contribution in [0.4, 0.5) is 0 Å². The van der Waals surface area contributed by atoms with E-state index in [1.54, 1.807) is 65.0 Å². The van der Waals surface area contributed by atoms with E-state index >= 15 is 0 Å². The van der Waals surface area contributed by atoms with E-state index < -0.39 is 77.1 Å². The number of rotatable bonds is 11. The normalized spacial score (nSPS) is 20.9. The van der Waals surface area contributed by atoms with Crippen molar-refractivity contribution < 1.29 is 43.0 Å². The third kappa shape index (κ3) is 9.16. The zero-order valence-corrected chi connectivity index (χ0v) is 32.8. The van der Waals surface area contributed by atoms with E-state index in [0.717, 1.165) is 16.7 Å². The SMILES string of the molecule is CCCC(NC(=O)C12CC1c1ccc3cc1CN2C(=O)[C@H](C)NC(=O)CCc1ccc(cc1)O3)C(=O)C(=O)NCC(=O)N[C@H](C(=O)OC(C)(C)C)c1ccccc1. The van der Waals surface area contributed by atoms with Gasteiger partial charge in [-0.15, -0.1) is 0 Å². The molecule has 14 heteroatoms. The lowest BCUT2D eigenvalue weighted by Gasteiger charge is -2.38. The summed E-state index contributed by atoms with van der Waals surface area (Å²) in [6.45, 7) is 7.88. The Labute approximate surface area is 331 Å². The van der Waals surface area contributed by atoms with E-state index in [-0.39, 0.29) is 31.7 Å². The first-order valence-electron chi connectivity index (χ1n) is 19.3. The Balaban J connectivity index is 1.17. The molecule has 14 nitrogen and oxygen atoms in total. The minimum absolute atomic E-state index is 0.0453. The van der Waals surface area contributed by atoms with Gasteiger partial charge in [0.2, 0.25) is 29.4 Å². The number of ketones is 1. The monoisotopic (exact) mass is 779 g/mol. The van der Waals surface area contributed by atoms with E-state index in [4.69, 9.17) is 9.47 Å². The fraction of sp³-hybridized carbons (Fsp3) is 0.419. The molecule has 5 bridgehead atoms. The maximum Gasteiger partial charge on any atom is 0.333 e. The number of hydrogen-bond donors (Lipinski definition) is 4. The molecule has 0 radical (unpaired) electrons. The van der Waals surface area contributed by atoms with Crippen LogP contribution in [0.15, 0.2) is 72.8 Å². The summed E-state index contributed by atoms with van der Waals surface area (Å²) in [7, 11) is 0. The average molecular weight is 780 g/mol. The molecule has 0 aromatic heterocycles. The fourth-order valence-electron chi connectivity index (χ4n) is 7.47. The number of nitrogens with one attached hydrogen (secondary N) is 4. The fourth-order valence-corrected chi connectivity index (χ4v) is 7.47. The summed E-state index contributed by atoms with van der Waals surface area (Å²) >= 11 is 0. The predicted molar refractivity (Wildman–Crippen MR) is 208 cm³/mol. The largest absolute Gasteiger partial charge is 0.458 e. The standard InChI is InChI=1S/C43H49N5O9/c1-6-10-33(37(51)38(52)44-23-35(50)47-36(27-11-8-7-9-12-27)40(54)57-42(3,4)5)46-41(55)43-22-32(43)31-19-18-30-21-28(31)24-48(43)39(53)25(2)45-34(49)20-15-26-13-16-29(56-30)17-14-26/h7-9,11-14,16-19,21,25,32-33,36H,6,10,15,20,22-24H2,1-5H3,(H,44,52)(H,45,49)(H,46,55)(H,47,50)/t25-,32?,33?,36-,43?/m0/s1. The van der Waals surface area contributed by atoms with Crippen LogP contribution in [-0.4, -0.2) is 76.0 Å². The third-order valence-electron chi connectivity index (χ3n) is 10.4. The van der Waals surface area contributed by atoms with Gasteiger partial charge in [0, 0.05) is 18.9 Å². The molecular weight excluding hydrogens is 730 g/mol. The Bertz CT molecular complexity index is 2060. The highest BCUT2D eigenvalue weighted by atomic mass is 16.6. The smallest absolute Gasteiger partial charge is 0.333 e. The molecule has 57 heavy (non-hydrogen) atoms. The molecule has 4 N–H and O–H groups in total. The van der Waals surface area contributed by atoms with Crippen molar-refractivity contribution in [3.05, 3.63) is 95.1 Å². The molecule has 3 aromatic rings. The van der Waals surface area contributed by atoms with Gasteiger partial charge in [0.25, 0.3) is 5.91 Å². The topological polar surface area (TPSA) is 189 Å². The second-order valence-electron chi connectivity index (χ2n) is 15.8. The number of aryl methyl sites for hydroxylation is 1. The van der Waals surface area contributed by atoms with Gasteiger partial charge in [-0.25, -0.2) is 4.79 Å². The van der Waals surface area contributed by atoms with E-state index in [1.807, 2.05) is 42.5 Å². The van der Waals surface area contributed by atoms with Crippen molar-refractivity contribution in [3.8, 4) is 11.5 Å². The van der Waals surface area contributed by atoms with Crippen LogP contribution in [0, 0.1) is 0 Å². The molecule has 5 atom stereocenters. The van der Waals surface area contributed by atoms with Gasteiger partial charge in [-0.3, -0.25) is 28.8 Å². The highest BCUT2D eigenvalue weighted by Gasteiger charge is 2.68. The highest BCUT2D eigenvalue weighted by Crippen LogP contribution is 2.60. The maximum atomic E-state index is 14.4. The van der Waals surface area contributed by atoms with Crippen molar-refractivity contribution in [2.75, 3.05) is 6.54 Å². The van der Waals surface area contributed by atoms with Gasteiger partial charge in [0.1, 0.15) is 28.7 Å². The van der Waals surface area contributed by atoms with Crippen LogP contribution in [0.5, 0.6) is 11.5 Å². The molecule has 1 saturated carbocycles. The van der Waals surface area contributed by atoms with Crippen LogP contribution < -0.4 is 26.0 Å². The van der Waals surface area contributed by atoms with E-state index in [0.29, 0.717) is 29.9 Å². The van der Waals surface area contributed by atoms with Gasteiger partial charge in [-0.1, -0.05) is 61.9 Å². The van der Waals surface area contributed by atoms with Gasteiger partial charge in [0.05, 0.1) is 12.6 Å². The number of amides is 5. The van der Waals surface area contributed by atoms with Crippen LogP contribution in [0.1, 0.15) is 94.5 Å². The summed E-state index contributed by atoms with van der Waals surface area (Å²) in [4.78, 5) is 95.8. The number of Topliss-reactive ketones (excluding diaryl/α,β-unsaturated/α-hetero) is 1. The van der Waals surface area contributed by atoms with Crippen molar-refractivity contribution in [2.24, 2.45) is 0 Å². The van der Waals surface area contributed by atoms with Crippen LogP contribution in [-0.2, 0) is 51.3 Å². The summed E-state index contributed by atoms with van der Waals surface area (Å²) in [5.74, 6) is -4.13. The number of benzene rings is 3. The number of carbonyl (C=O) groups is 7. The van der Waals surface area contributed by atoms with Crippen LogP contribution >= 0.6 is 0 Å². The molecule has 0 spiro atoms. The summed E-state index contributed by atoms with van der Waals surface area (Å²) in [5, 5.41) is 10.5.